The first-order valence-corrected chi connectivity index (χ1v) is 6.87. The molecule has 2 amide bonds. The first-order chi connectivity index (χ1) is 8.58. The van der Waals surface area contributed by atoms with E-state index in [-0.39, 0.29) is 0 Å². The van der Waals surface area contributed by atoms with Crippen LogP contribution < -0.4 is 0 Å². The van der Waals surface area contributed by atoms with Gasteiger partial charge in [-0.15, -0.1) is 0 Å². The van der Waals surface area contributed by atoms with Gasteiger partial charge in [-0.25, -0.2) is 0 Å². The summed E-state index contributed by atoms with van der Waals surface area (Å²) in [5.41, 5.74) is 0. The summed E-state index contributed by atoms with van der Waals surface area (Å²) >= 11 is 0.853. The first kappa shape index (κ1) is 13.1. The molecular weight excluding hydrogens is 254 g/mol. The van der Waals surface area contributed by atoms with Gasteiger partial charge in [-0.2, -0.15) is 0 Å². The molecule has 2 rings (SSSR count). The van der Waals surface area contributed by atoms with Crippen LogP contribution in [0.5, 0.6) is 0 Å². The number of thioether (sulfide) groups is 1. The fourth-order valence-corrected chi connectivity index (χ4v) is 3.20. The lowest BCUT2D eigenvalue weighted by molar-refractivity contribution is -0.140. The van der Waals surface area contributed by atoms with Crippen molar-refractivity contribution in [3.8, 4) is 0 Å². The minimum absolute atomic E-state index is 0.350. The smallest absolute Gasteiger partial charge is 0.323 e. The average Bonchev–Trinajstić information content (AvgIpc) is 2.58. The molecular formula is C12H15NO4S. The fourth-order valence-electron chi connectivity index (χ4n) is 2.30. The molecule has 0 unspecified atom stereocenters. The van der Waals surface area contributed by atoms with Crippen molar-refractivity contribution in [1.82, 2.24) is 4.90 Å². The zero-order valence-electron chi connectivity index (χ0n) is 9.92. The molecule has 5 nitrogen and oxygen atoms in total. The second-order valence-electron chi connectivity index (χ2n) is 4.58. The van der Waals surface area contributed by atoms with Gasteiger partial charge in [0.15, 0.2) is 0 Å². The molecule has 0 spiro atoms. The molecule has 6 heteroatoms. The Kier molecular flexibility index (Phi) is 4.06. The van der Waals surface area contributed by atoms with Gasteiger partial charge in [-0.3, -0.25) is 19.3 Å². The Bertz CT molecular complexity index is 412. The van der Waals surface area contributed by atoms with E-state index in [1.54, 1.807) is 0 Å². The highest BCUT2D eigenvalue weighted by molar-refractivity contribution is 8.18. The molecule has 1 aliphatic carbocycles. The lowest BCUT2D eigenvalue weighted by Crippen LogP contribution is -2.33. The molecule has 0 radical (unpaired) electrons. The number of nitrogens with zero attached hydrogens (tertiary/aromatic N) is 1. The molecule has 0 aromatic heterocycles. The van der Waals surface area contributed by atoms with Gasteiger partial charge in [-0.05, 0) is 30.5 Å². The number of carboxylic acid groups (broad SMARTS) is 1. The number of hydrogen-bond donors (Lipinski definition) is 1. The summed E-state index contributed by atoms with van der Waals surface area (Å²) in [4.78, 5) is 35.2. The maximum Gasteiger partial charge on any atom is 0.323 e. The standard InChI is InChI=1S/C12H15NO4S/c14-10(15)7-13-11(16)9(18-12(13)17)6-8-4-2-1-3-5-8/h6,8H,1-5,7H2,(H,14,15). The summed E-state index contributed by atoms with van der Waals surface area (Å²) in [7, 11) is 0. The largest absolute Gasteiger partial charge is 0.480 e. The van der Waals surface area contributed by atoms with E-state index in [4.69, 9.17) is 5.11 Å². The molecule has 1 N–H and O–H groups in total. The van der Waals surface area contributed by atoms with Crippen molar-refractivity contribution in [2.45, 2.75) is 32.1 Å². The van der Waals surface area contributed by atoms with Crippen molar-refractivity contribution >= 4 is 28.9 Å². The Morgan fingerprint density at radius 3 is 2.61 bits per heavy atom. The van der Waals surface area contributed by atoms with Gasteiger partial charge in [0.1, 0.15) is 6.54 Å². The highest BCUT2D eigenvalue weighted by atomic mass is 32.2. The Morgan fingerprint density at radius 2 is 2.00 bits per heavy atom. The Hall–Kier alpha value is -1.30. The van der Waals surface area contributed by atoms with Crippen LogP contribution in [0.1, 0.15) is 32.1 Å². The van der Waals surface area contributed by atoms with Crippen LogP contribution in [0.25, 0.3) is 0 Å². The molecule has 98 valence electrons. The second kappa shape index (κ2) is 5.56. The third kappa shape index (κ3) is 2.93. The number of rotatable bonds is 3. The molecule has 0 bridgehead atoms. The van der Waals surface area contributed by atoms with E-state index < -0.39 is 23.7 Å². The van der Waals surface area contributed by atoms with E-state index in [0.717, 1.165) is 42.3 Å². The summed E-state index contributed by atoms with van der Waals surface area (Å²) in [6.45, 7) is -0.549. The van der Waals surface area contributed by atoms with E-state index >= 15 is 0 Å². The third-order valence-electron chi connectivity index (χ3n) is 3.20. The summed E-state index contributed by atoms with van der Waals surface area (Å²) in [6, 6.07) is 0. The molecule has 0 atom stereocenters. The zero-order valence-corrected chi connectivity index (χ0v) is 10.7. The summed E-state index contributed by atoms with van der Waals surface area (Å²) < 4.78 is 0. The monoisotopic (exact) mass is 269 g/mol. The number of carboxylic acids is 1. The van der Waals surface area contributed by atoms with Gasteiger partial charge < -0.3 is 5.11 Å². The van der Waals surface area contributed by atoms with Crippen LogP contribution in [0.4, 0.5) is 4.79 Å². The number of amides is 2. The minimum atomic E-state index is -1.17. The number of carbonyl (C=O) groups is 3. The van der Waals surface area contributed by atoms with Crippen molar-refractivity contribution < 1.29 is 19.5 Å². The molecule has 1 saturated carbocycles. The quantitative estimate of drug-likeness (QED) is 0.795. The molecule has 0 aromatic rings. The molecule has 2 aliphatic rings. The van der Waals surface area contributed by atoms with Gasteiger partial charge in [0.2, 0.25) is 0 Å². The molecule has 2 fully saturated rings. The lowest BCUT2D eigenvalue weighted by Gasteiger charge is -2.18. The fraction of sp³-hybridized carbons (Fsp3) is 0.583. The van der Waals surface area contributed by atoms with Crippen LogP contribution in [-0.2, 0) is 9.59 Å². The Balaban J connectivity index is 2.06. The van der Waals surface area contributed by atoms with Gasteiger partial charge in [0, 0.05) is 0 Å². The summed E-state index contributed by atoms with van der Waals surface area (Å²) in [5.74, 6) is -1.28. The lowest BCUT2D eigenvalue weighted by atomic mass is 9.89. The molecule has 0 aromatic carbocycles. The van der Waals surface area contributed by atoms with Crippen molar-refractivity contribution in [2.24, 2.45) is 5.92 Å². The number of allylic oxidation sites excluding steroid dienone is 1. The minimum Gasteiger partial charge on any atom is -0.480 e. The van der Waals surface area contributed by atoms with Crippen LogP contribution in [0.2, 0.25) is 0 Å². The van der Waals surface area contributed by atoms with Gasteiger partial charge in [0.05, 0.1) is 4.91 Å². The number of aliphatic carboxylic acids is 1. The topological polar surface area (TPSA) is 74.7 Å². The summed E-state index contributed by atoms with van der Waals surface area (Å²) in [5, 5.41) is 8.16. The summed E-state index contributed by atoms with van der Waals surface area (Å²) in [6.07, 6.45) is 7.48. The molecule has 18 heavy (non-hydrogen) atoms. The Morgan fingerprint density at radius 1 is 1.33 bits per heavy atom. The molecule has 1 heterocycles. The van der Waals surface area contributed by atoms with E-state index in [9.17, 15) is 14.4 Å². The number of imide groups is 1. The number of hydrogen-bond acceptors (Lipinski definition) is 4. The Labute approximate surface area is 109 Å². The van der Waals surface area contributed by atoms with Crippen molar-refractivity contribution in [3.05, 3.63) is 11.0 Å². The van der Waals surface area contributed by atoms with Crippen LogP contribution >= 0.6 is 11.8 Å². The predicted octanol–water partition coefficient (Wildman–Crippen LogP) is 2.23. The molecule has 1 aliphatic heterocycles. The van der Waals surface area contributed by atoms with E-state index in [0.29, 0.717) is 10.8 Å². The first-order valence-electron chi connectivity index (χ1n) is 6.05. The van der Waals surface area contributed by atoms with E-state index in [2.05, 4.69) is 0 Å². The van der Waals surface area contributed by atoms with Crippen LogP contribution in [-0.4, -0.2) is 33.7 Å². The van der Waals surface area contributed by atoms with Crippen LogP contribution in [0.15, 0.2) is 11.0 Å². The second-order valence-corrected chi connectivity index (χ2v) is 5.58. The zero-order chi connectivity index (χ0) is 13.1. The van der Waals surface area contributed by atoms with Crippen LogP contribution in [0.3, 0.4) is 0 Å². The van der Waals surface area contributed by atoms with Crippen molar-refractivity contribution in [3.63, 3.8) is 0 Å². The van der Waals surface area contributed by atoms with Gasteiger partial charge >= 0.3 is 5.97 Å². The van der Waals surface area contributed by atoms with Crippen molar-refractivity contribution in [1.29, 1.82) is 0 Å². The maximum absolute atomic E-state index is 11.9. The number of carbonyl (C=O) groups excluding carboxylic acids is 2. The van der Waals surface area contributed by atoms with Gasteiger partial charge in [0.25, 0.3) is 11.1 Å². The highest BCUT2D eigenvalue weighted by Crippen LogP contribution is 2.34. The maximum atomic E-state index is 11.9. The normalized spacial score (nSPS) is 24.0. The third-order valence-corrected chi connectivity index (χ3v) is 4.13. The SMILES string of the molecule is O=C(O)CN1C(=O)SC(=CC2CCCCC2)C1=O. The van der Waals surface area contributed by atoms with E-state index in [1.165, 1.54) is 6.42 Å². The van der Waals surface area contributed by atoms with E-state index in [1.807, 2.05) is 6.08 Å². The van der Waals surface area contributed by atoms with Crippen LogP contribution in [0, 0.1) is 5.92 Å². The predicted molar refractivity (Wildman–Crippen MR) is 67.0 cm³/mol. The average molecular weight is 269 g/mol. The highest BCUT2D eigenvalue weighted by Gasteiger charge is 2.36. The van der Waals surface area contributed by atoms with Crippen molar-refractivity contribution in [2.75, 3.05) is 6.54 Å². The molecule has 1 saturated heterocycles. The van der Waals surface area contributed by atoms with Gasteiger partial charge in [-0.1, -0.05) is 25.3 Å².